The van der Waals surface area contributed by atoms with Crippen LogP contribution in [0.15, 0.2) is 6.07 Å². The van der Waals surface area contributed by atoms with Crippen LogP contribution in [0, 0.1) is 0 Å². The van der Waals surface area contributed by atoms with Crippen LogP contribution >= 0.6 is 11.6 Å². The fraction of sp³-hybridized carbons (Fsp3) is 0.600. The van der Waals surface area contributed by atoms with E-state index in [0.29, 0.717) is 23.6 Å². The SMILES string of the molecule is COc1cc(OC)nc(N(C)C(C)CCl)n1. The van der Waals surface area contributed by atoms with Crippen LogP contribution in [0.25, 0.3) is 0 Å². The Balaban J connectivity index is 3.02. The predicted octanol–water partition coefficient (Wildman–Crippen LogP) is 1.56. The van der Waals surface area contributed by atoms with E-state index in [2.05, 4.69) is 9.97 Å². The van der Waals surface area contributed by atoms with Crippen LogP contribution in [0.3, 0.4) is 0 Å². The highest BCUT2D eigenvalue weighted by Gasteiger charge is 2.14. The molecule has 1 rings (SSSR count). The van der Waals surface area contributed by atoms with Gasteiger partial charge >= 0.3 is 0 Å². The Morgan fingerprint density at radius 3 is 2.19 bits per heavy atom. The summed E-state index contributed by atoms with van der Waals surface area (Å²) in [7, 11) is 4.98. The van der Waals surface area contributed by atoms with Crippen molar-refractivity contribution in [2.75, 3.05) is 32.0 Å². The highest BCUT2D eigenvalue weighted by Crippen LogP contribution is 2.20. The van der Waals surface area contributed by atoms with Gasteiger partial charge in [-0.2, -0.15) is 9.97 Å². The molecule has 0 aliphatic heterocycles. The number of nitrogens with zero attached hydrogens (tertiary/aromatic N) is 3. The second-order valence-corrected chi connectivity index (χ2v) is 3.68. The zero-order valence-electron chi connectivity index (χ0n) is 9.90. The van der Waals surface area contributed by atoms with Crippen molar-refractivity contribution in [3.63, 3.8) is 0 Å². The molecule has 0 spiro atoms. The Labute approximate surface area is 100 Å². The number of halogens is 1. The van der Waals surface area contributed by atoms with Crippen molar-refractivity contribution in [3.05, 3.63) is 6.07 Å². The summed E-state index contributed by atoms with van der Waals surface area (Å²) in [4.78, 5) is 10.3. The minimum atomic E-state index is 0.137. The third kappa shape index (κ3) is 2.88. The van der Waals surface area contributed by atoms with Crippen molar-refractivity contribution in [3.8, 4) is 11.8 Å². The molecular formula is C10H16ClN3O2. The molecule has 0 N–H and O–H groups in total. The quantitative estimate of drug-likeness (QED) is 0.737. The molecule has 0 aromatic carbocycles. The molecule has 1 aromatic rings. The maximum atomic E-state index is 5.78. The number of ether oxygens (including phenoxy) is 2. The number of hydrogen-bond acceptors (Lipinski definition) is 5. The Hall–Kier alpha value is -1.23. The van der Waals surface area contributed by atoms with Crippen molar-refractivity contribution in [2.24, 2.45) is 0 Å². The topological polar surface area (TPSA) is 47.5 Å². The van der Waals surface area contributed by atoms with E-state index in [9.17, 15) is 0 Å². The molecule has 0 saturated heterocycles. The second kappa shape index (κ2) is 5.75. The molecule has 0 fully saturated rings. The fourth-order valence-corrected chi connectivity index (χ4v) is 1.27. The van der Waals surface area contributed by atoms with Gasteiger partial charge in [-0.1, -0.05) is 0 Å². The highest BCUT2D eigenvalue weighted by atomic mass is 35.5. The van der Waals surface area contributed by atoms with E-state index in [-0.39, 0.29) is 6.04 Å². The zero-order chi connectivity index (χ0) is 12.1. The van der Waals surface area contributed by atoms with Crippen LogP contribution in [0.2, 0.25) is 0 Å². The molecule has 0 bridgehead atoms. The van der Waals surface area contributed by atoms with E-state index in [1.54, 1.807) is 20.3 Å². The largest absolute Gasteiger partial charge is 0.481 e. The van der Waals surface area contributed by atoms with Crippen LogP contribution in [-0.2, 0) is 0 Å². The van der Waals surface area contributed by atoms with Gasteiger partial charge in [0, 0.05) is 19.0 Å². The first-order valence-electron chi connectivity index (χ1n) is 4.88. The fourth-order valence-electron chi connectivity index (χ4n) is 1.06. The highest BCUT2D eigenvalue weighted by molar-refractivity contribution is 6.18. The monoisotopic (exact) mass is 245 g/mol. The van der Waals surface area contributed by atoms with Crippen LogP contribution in [-0.4, -0.2) is 43.2 Å². The van der Waals surface area contributed by atoms with Gasteiger partial charge in [-0.15, -0.1) is 11.6 Å². The second-order valence-electron chi connectivity index (χ2n) is 3.37. The van der Waals surface area contributed by atoms with Crippen LogP contribution in [0.4, 0.5) is 5.95 Å². The molecule has 1 unspecified atom stereocenters. The molecule has 1 heterocycles. The van der Waals surface area contributed by atoms with E-state index in [1.165, 1.54) is 0 Å². The summed E-state index contributed by atoms with van der Waals surface area (Å²) in [6, 6.07) is 1.77. The molecule has 6 heteroatoms. The number of hydrogen-bond donors (Lipinski definition) is 0. The molecule has 16 heavy (non-hydrogen) atoms. The van der Waals surface area contributed by atoms with Gasteiger partial charge in [0.05, 0.1) is 20.3 Å². The maximum Gasteiger partial charge on any atom is 0.231 e. The first-order valence-corrected chi connectivity index (χ1v) is 5.41. The number of aromatic nitrogens is 2. The molecule has 1 aromatic heterocycles. The van der Waals surface area contributed by atoms with Gasteiger partial charge in [0.1, 0.15) is 0 Å². The molecule has 0 saturated carbocycles. The first-order chi connectivity index (χ1) is 7.62. The lowest BCUT2D eigenvalue weighted by molar-refractivity contribution is 0.371. The van der Waals surface area contributed by atoms with Gasteiger partial charge in [0.15, 0.2) is 0 Å². The third-order valence-electron chi connectivity index (χ3n) is 2.29. The lowest BCUT2D eigenvalue weighted by Crippen LogP contribution is -2.31. The summed E-state index contributed by atoms with van der Waals surface area (Å²) >= 11 is 5.78. The van der Waals surface area contributed by atoms with Gasteiger partial charge in [-0.3, -0.25) is 0 Å². The van der Waals surface area contributed by atoms with Crippen LogP contribution in [0.1, 0.15) is 6.92 Å². The normalized spacial score (nSPS) is 12.1. The standard InChI is InChI=1S/C10H16ClN3O2/c1-7(6-11)14(2)10-12-8(15-3)5-9(13-10)16-4/h5,7H,6H2,1-4H3. The minimum Gasteiger partial charge on any atom is -0.481 e. The van der Waals surface area contributed by atoms with Crippen molar-refractivity contribution >= 4 is 17.5 Å². The average molecular weight is 246 g/mol. The predicted molar refractivity (Wildman–Crippen MR) is 63.7 cm³/mol. The smallest absolute Gasteiger partial charge is 0.231 e. The maximum absolute atomic E-state index is 5.78. The Morgan fingerprint density at radius 2 is 1.81 bits per heavy atom. The number of rotatable bonds is 5. The van der Waals surface area contributed by atoms with Gasteiger partial charge < -0.3 is 14.4 Å². The zero-order valence-corrected chi connectivity index (χ0v) is 10.7. The van der Waals surface area contributed by atoms with E-state index < -0.39 is 0 Å². The van der Waals surface area contributed by atoms with Crippen molar-refractivity contribution in [1.29, 1.82) is 0 Å². The lowest BCUT2D eigenvalue weighted by Gasteiger charge is -2.23. The van der Waals surface area contributed by atoms with E-state index in [1.807, 2.05) is 18.9 Å². The minimum absolute atomic E-state index is 0.137. The summed E-state index contributed by atoms with van der Waals surface area (Å²) in [6.45, 7) is 1.99. The molecule has 0 aliphatic rings. The lowest BCUT2D eigenvalue weighted by atomic mass is 10.3. The Kier molecular flexibility index (Phi) is 4.61. The van der Waals surface area contributed by atoms with Gasteiger partial charge in [0.25, 0.3) is 0 Å². The van der Waals surface area contributed by atoms with Crippen LogP contribution in [0.5, 0.6) is 11.8 Å². The van der Waals surface area contributed by atoms with Gasteiger partial charge in [-0.05, 0) is 6.92 Å². The van der Waals surface area contributed by atoms with E-state index >= 15 is 0 Å². The molecule has 90 valence electrons. The number of methoxy groups -OCH3 is 2. The first kappa shape index (κ1) is 12.8. The third-order valence-corrected chi connectivity index (χ3v) is 2.73. The van der Waals surface area contributed by atoms with E-state index in [0.717, 1.165) is 0 Å². The van der Waals surface area contributed by atoms with Crippen molar-refractivity contribution < 1.29 is 9.47 Å². The summed E-state index contributed by atoms with van der Waals surface area (Å²) in [5, 5.41) is 0. The molecule has 0 aliphatic carbocycles. The van der Waals surface area contributed by atoms with E-state index in [4.69, 9.17) is 21.1 Å². The summed E-state index contributed by atoms with van der Waals surface area (Å²) in [6.07, 6.45) is 0. The molecule has 1 atom stereocenters. The molecular weight excluding hydrogens is 230 g/mol. The van der Waals surface area contributed by atoms with Gasteiger partial charge in [0.2, 0.25) is 17.7 Å². The Bertz CT molecular complexity index is 327. The number of anilines is 1. The molecule has 0 amide bonds. The van der Waals surface area contributed by atoms with Crippen molar-refractivity contribution in [2.45, 2.75) is 13.0 Å². The summed E-state index contributed by atoms with van der Waals surface area (Å²) < 4.78 is 10.1. The molecule has 5 nitrogen and oxygen atoms in total. The summed E-state index contributed by atoms with van der Waals surface area (Å²) in [5.41, 5.74) is 0. The Morgan fingerprint density at radius 1 is 1.31 bits per heavy atom. The summed E-state index contributed by atoms with van der Waals surface area (Å²) in [5.74, 6) is 1.97. The average Bonchev–Trinajstić information content (AvgIpc) is 2.35. The van der Waals surface area contributed by atoms with Crippen LogP contribution < -0.4 is 14.4 Å². The molecule has 0 radical (unpaired) electrons. The number of alkyl halides is 1. The van der Waals surface area contributed by atoms with Crippen molar-refractivity contribution in [1.82, 2.24) is 9.97 Å². The van der Waals surface area contributed by atoms with Gasteiger partial charge in [-0.25, -0.2) is 0 Å².